The summed E-state index contributed by atoms with van der Waals surface area (Å²) in [5, 5.41) is 10.4. The molecule has 0 aromatic heterocycles. The molecule has 2 aromatic rings. The van der Waals surface area contributed by atoms with Crippen molar-refractivity contribution >= 4 is 17.5 Å². The number of nitrogens with zero attached hydrogens (tertiary/aromatic N) is 3. The van der Waals surface area contributed by atoms with Crippen LogP contribution in [0.1, 0.15) is 20.7 Å². The van der Waals surface area contributed by atoms with Gasteiger partial charge in [-0.2, -0.15) is 0 Å². The number of carbonyl (C=O) groups is 2. The minimum atomic E-state index is -0.831. The van der Waals surface area contributed by atoms with E-state index in [9.17, 15) is 19.1 Å². The lowest BCUT2D eigenvalue weighted by Gasteiger charge is -2.37. The molecule has 0 aliphatic carbocycles. The van der Waals surface area contributed by atoms with Crippen LogP contribution in [0.5, 0.6) is 0 Å². The second-order valence-corrected chi connectivity index (χ2v) is 7.16. The van der Waals surface area contributed by atoms with Crippen LogP contribution in [0.25, 0.3) is 0 Å². The Hall–Kier alpha value is -2.77. The second kappa shape index (κ2) is 7.69. The fraction of sp³-hybridized carbons (Fsp3) is 0.333. The summed E-state index contributed by atoms with van der Waals surface area (Å²) in [5.41, 5.74) is 1.37. The number of piperazine rings is 1. The third-order valence-corrected chi connectivity index (χ3v) is 5.31. The van der Waals surface area contributed by atoms with Gasteiger partial charge in [-0.25, -0.2) is 4.39 Å². The summed E-state index contributed by atoms with van der Waals surface area (Å²) in [6, 6.07) is 13.4. The van der Waals surface area contributed by atoms with Crippen molar-refractivity contribution in [1.82, 2.24) is 9.80 Å². The molecule has 7 heteroatoms. The highest BCUT2D eigenvalue weighted by atomic mass is 19.1. The number of benzene rings is 2. The number of hydrogen-bond acceptors (Lipinski definition) is 5. The minimum Gasteiger partial charge on any atom is -0.390 e. The number of rotatable bonds is 5. The monoisotopic (exact) mass is 383 g/mol. The van der Waals surface area contributed by atoms with Gasteiger partial charge in [0.25, 0.3) is 11.8 Å². The van der Waals surface area contributed by atoms with Gasteiger partial charge in [-0.15, -0.1) is 0 Å². The number of aliphatic hydroxyl groups excluding tert-OH is 1. The van der Waals surface area contributed by atoms with Crippen molar-refractivity contribution < 1.29 is 19.1 Å². The van der Waals surface area contributed by atoms with Crippen molar-refractivity contribution in [3.8, 4) is 0 Å². The highest BCUT2D eigenvalue weighted by Gasteiger charge is 2.36. The quantitative estimate of drug-likeness (QED) is 0.795. The molecule has 1 unspecified atom stereocenters. The molecule has 0 radical (unpaired) electrons. The largest absolute Gasteiger partial charge is 0.390 e. The summed E-state index contributed by atoms with van der Waals surface area (Å²) in [7, 11) is 0. The lowest BCUT2D eigenvalue weighted by molar-refractivity contribution is 0.0469. The van der Waals surface area contributed by atoms with Gasteiger partial charge in [-0.05, 0) is 24.3 Å². The highest BCUT2D eigenvalue weighted by molar-refractivity contribution is 6.21. The molecule has 1 atom stereocenters. The maximum absolute atomic E-state index is 13.9. The second-order valence-electron chi connectivity index (χ2n) is 7.16. The summed E-state index contributed by atoms with van der Waals surface area (Å²) >= 11 is 0. The number of hydrogen-bond donors (Lipinski definition) is 1. The molecule has 1 N–H and O–H groups in total. The van der Waals surface area contributed by atoms with Crippen LogP contribution in [0.2, 0.25) is 0 Å². The molecule has 0 saturated carbocycles. The minimum absolute atomic E-state index is 0.0279. The van der Waals surface area contributed by atoms with Gasteiger partial charge in [0.05, 0.1) is 29.5 Å². The lowest BCUT2D eigenvalue weighted by atomic mass is 10.1. The summed E-state index contributed by atoms with van der Waals surface area (Å²) in [6.07, 6.45) is -0.831. The maximum Gasteiger partial charge on any atom is 0.261 e. The normalized spacial score (nSPS) is 18.5. The average molecular weight is 383 g/mol. The average Bonchev–Trinajstić information content (AvgIpc) is 2.94. The summed E-state index contributed by atoms with van der Waals surface area (Å²) in [6.45, 7) is 2.99. The standard InChI is InChI=1S/C21H22FN3O3/c22-18-7-3-4-8-19(18)24-11-9-23(10-12-24)13-15(26)14-25-20(27)16-5-1-2-6-17(16)21(25)28/h1-8,15,26H,9-14H2. The Morgan fingerprint density at radius 2 is 1.43 bits per heavy atom. The van der Waals surface area contributed by atoms with Gasteiger partial charge in [0.1, 0.15) is 5.82 Å². The van der Waals surface area contributed by atoms with Crippen molar-refractivity contribution in [2.45, 2.75) is 6.10 Å². The van der Waals surface area contributed by atoms with Crippen LogP contribution in [0.15, 0.2) is 48.5 Å². The topological polar surface area (TPSA) is 64.1 Å². The zero-order valence-corrected chi connectivity index (χ0v) is 15.4. The maximum atomic E-state index is 13.9. The number of amides is 2. The molecule has 1 saturated heterocycles. The molecule has 2 amide bonds. The van der Waals surface area contributed by atoms with E-state index in [1.165, 1.54) is 6.07 Å². The molecular weight excluding hydrogens is 361 g/mol. The van der Waals surface area contributed by atoms with Gasteiger partial charge in [0, 0.05) is 32.7 Å². The third kappa shape index (κ3) is 3.50. The number of imide groups is 1. The Labute approximate surface area is 162 Å². The van der Waals surface area contributed by atoms with Crippen molar-refractivity contribution in [3.05, 3.63) is 65.5 Å². The van der Waals surface area contributed by atoms with Crippen LogP contribution in [0.4, 0.5) is 10.1 Å². The molecule has 0 bridgehead atoms. The van der Waals surface area contributed by atoms with Crippen molar-refractivity contribution in [3.63, 3.8) is 0 Å². The van der Waals surface area contributed by atoms with E-state index in [1.807, 2.05) is 11.0 Å². The first kappa shape index (κ1) is 18.6. The van der Waals surface area contributed by atoms with Crippen LogP contribution < -0.4 is 4.90 Å². The number of β-amino-alcohol motifs (C(OH)–C–C–N with tert-alkyl or cyclic N) is 1. The van der Waals surface area contributed by atoms with E-state index in [1.54, 1.807) is 36.4 Å². The Morgan fingerprint density at radius 1 is 0.857 bits per heavy atom. The molecular formula is C21H22FN3O3. The predicted molar refractivity (Wildman–Crippen MR) is 103 cm³/mol. The van der Waals surface area contributed by atoms with E-state index in [2.05, 4.69) is 4.90 Å². The van der Waals surface area contributed by atoms with E-state index < -0.39 is 6.10 Å². The Bertz CT molecular complexity index is 861. The van der Waals surface area contributed by atoms with Gasteiger partial charge in [0.15, 0.2) is 0 Å². The first-order chi connectivity index (χ1) is 13.5. The van der Waals surface area contributed by atoms with Crippen LogP contribution in [-0.4, -0.2) is 72.1 Å². The first-order valence-corrected chi connectivity index (χ1v) is 9.39. The lowest BCUT2D eigenvalue weighted by Crippen LogP contribution is -2.50. The van der Waals surface area contributed by atoms with Gasteiger partial charge < -0.3 is 10.0 Å². The molecule has 2 aromatic carbocycles. The van der Waals surface area contributed by atoms with E-state index in [-0.39, 0.29) is 24.2 Å². The molecule has 6 nitrogen and oxygen atoms in total. The van der Waals surface area contributed by atoms with Gasteiger partial charge in [-0.3, -0.25) is 19.4 Å². The van der Waals surface area contributed by atoms with Gasteiger partial charge >= 0.3 is 0 Å². The Kier molecular flexibility index (Phi) is 5.11. The zero-order chi connectivity index (χ0) is 19.7. The molecule has 146 valence electrons. The van der Waals surface area contributed by atoms with E-state index >= 15 is 0 Å². The SMILES string of the molecule is O=C1c2ccccc2C(=O)N1CC(O)CN1CCN(c2ccccc2F)CC1. The molecule has 2 heterocycles. The fourth-order valence-corrected chi connectivity index (χ4v) is 3.85. The van der Waals surface area contributed by atoms with Crippen molar-refractivity contribution in [1.29, 1.82) is 0 Å². The number of para-hydroxylation sites is 1. The Balaban J connectivity index is 1.31. The van der Waals surface area contributed by atoms with Gasteiger partial charge in [-0.1, -0.05) is 24.3 Å². The number of fused-ring (bicyclic) bond motifs is 1. The molecule has 2 aliphatic heterocycles. The smallest absolute Gasteiger partial charge is 0.261 e. The van der Waals surface area contributed by atoms with E-state index in [4.69, 9.17) is 0 Å². The van der Waals surface area contributed by atoms with Crippen LogP contribution in [0, 0.1) is 5.82 Å². The number of anilines is 1. The molecule has 0 spiro atoms. The van der Waals surface area contributed by atoms with Crippen LogP contribution in [-0.2, 0) is 0 Å². The summed E-state index contributed by atoms with van der Waals surface area (Å²) < 4.78 is 13.9. The summed E-state index contributed by atoms with van der Waals surface area (Å²) in [5.74, 6) is -0.949. The molecule has 4 rings (SSSR count). The predicted octanol–water partition coefficient (Wildman–Crippen LogP) is 1.60. The van der Waals surface area contributed by atoms with Crippen LogP contribution in [0.3, 0.4) is 0 Å². The van der Waals surface area contributed by atoms with Crippen LogP contribution >= 0.6 is 0 Å². The first-order valence-electron chi connectivity index (χ1n) is 9.39. The zero-order valence-electron chi connectivity index (χ0n) is 15.4. The number of carbonyl (C=O) groups excluding carboxylic acids is 2. The molecule has 2 aliphatic rings. The van der Waals surface area contributed by atoms with E-state index in [0.29, 0.717) is 49.5 Å². The third-order valence-electron chi connectivity index (χ3n) is 5.31. The number of aliphatic hydroxyl groups is 1. The highest BCUT2D eigenvalue weighted by Crippen LogP contribution is 2.23. The molecule has 28 heavy (non-hydrogen) atoms. The molecule has 1 fully saturated rings. The number of halogens is 1. The van der Waals surface area contributed by atoms with Crippen molar-refractivity contribution in [2.75, 3.05) is 44.2 Å². The van der Waals surface area contributed by atoms with Crippen molar-refractivity contribution in [2.24, 2.45) is 0 Å². The summed E-state index contributed by atoms with van der Waals surface area (Å²) in [4.78, 5) is 30.0. The van der Waals surface area contributed by atoms with E-state index in [0.717, 1.165) is 4.90 Å². The van der Waals surface area contributed by atoms with Gasteiger partial charge in [0.2, 0.25) is 0 Å². The fourth-order valence-electron chi connectivity index (χ4n) is 3.85. The Morgan fingerprint density at radius 3 is 2.04 bits per heavy atom.